The zero-order valence-electron chi connectivity index (χ0n) is 17.2. The number of hydrogen-bond donors (Lipinski definition) is 1. The van der Waals surface area contributed by atoms with Gasteiger partial charge in [0.1, 0.15) is 5.82 Å². The highest BCUT2D eigenvalue weighted by atomic mass is 19.1. The number of methoxy groups -OCH3 is 3. The van der Waals surface area contributed by atoms with Crippen molar-refractivity contribution in [3.63, 3.8) is 0 Å². The smallest absolute Gasteiger partial charge is 0.224 e. The van der Waals surface area contributed by atoms with Crippen LogP contribution >= 0.6 is 0 Å². The fourth-order valence-corrected chi connectivity index (χ4v) is 4.08. The highest BCUT2D eigenvalue weighted by molar-refractivity contribution is 5.79. The van der Waals surface area contributed by atoms with Crippen molar-refractivity contribution in [2.45, 2.75) is 38.1 Å². The molecule has 0 radical (unpaired) electrons. The Morgan fingerprint density at radius 3 is 2.14 bits per heavy atom. The first-order chi connectivity index (χ1) is 14.0. The Morgan fingerprint density at radius 1 is 1.03 bits per heavy atom. The van der Waals surface area contributed by atoms with E-state index in [0.29, 0.717) is 23.2 Å². The van der Waals surface area contributed by atoms with Crippen LogP contribution in [0.5, 0.6) is 17.2 Å². The predicted octanol–water partition coefficient (Wildman–Crippen LogP) is 4.44. The van der Waals surface area contributed by atoms with Gasteiger partial charge in [0.25, 0.3) is 0 Å². The van der Waals surface area contributed by atoms with Gasteiger partial charge in [0, 0.05) is 0 Å². The lowest BCUT2D eigenvalue weighted by atomic mass is 9.91. The first-order valence-electron chi connectivity index (χ1n) is 9.89. The Hall–Kier alpha value is -2.76. The minimum Gasteiger partial charge on any atom is -0.493 e. The van der Waals surface area contributed by atoms with Gasteiger partial charge in [-0.15, -0.1) is 0 Å². The molecule has 1 saturated carbocycles. The Bertz CT molecular complexity index is 806. The van der Waals surface area contributed by atoms with Crippen LogP contribution in [0.15, 0.2) is 36.4 Å². The van der Waals surface area contributed by atoms with Gasteiger partial charge < -0.3 is 19.5 Å². The second kappa shape index (κ2) is 9.63. The SMILES string of the molecule is COc1cc(CC(=O)N[C@@H](c2ccc(F)cc2)C2CCCC2)cc(OC)c1OC. The molecule has 2 aromatic carbocycles. The largest absolute Gasteiger partial charge is 0.493 e. The molecule has 5 nitrogen and oxygen atoms in total. The number of nitrogens with one attached hydrogen (secondary N) is 1. The molecule has 6 heteroatoms. The summed E-state index contributed by atoms with van der Waals surface area (Å²) in [4.78, 5) is 12.9. The Morgan fingerprint density at radius 2 is 1.62 bits per heavy atom. The average molecular weight is 401 g/mol. The standard InChI is InChI=1S/C23H28FNO4/c1-27-19-12-15(13-20(28-2)23(19)29-3)14-21(26)25-22(16-6-4-5-7-16)17-8-10-18(24)11-9-17/h8-13,16,22H,4-7,14H2,1-3H3,(H,25,26)/t22-/m1/s1. The molecular formula is C23H28FNO4. The highest BCUT2D eigenvalue weighted by Crippen LogP contribution is 2.39. The summed E-state index contributed by atoms with van der Waals surface area (Å²) in [6.45, 7) is 0. The summed E-state index contributed by atoms with van der Waals surface area (Å²) in [6, 6.07) is 9.86. The third kappa shape index (κ3) is 5.00. The first kappa shape index (κ1) is 21.0. The van der Waals surface area contributed by atoms with Crippen LogP contribution in [-0.2, 0) is 11.2 Å². The third-order valence-corrected chi connectivity index (χ3v) is 5.51. The first-order valence-corrected chi connectivity index (χ1v) is 9.89. The van der Waals surface area contributed by atoms with Crippen molar-refractivity contribution in [2.75, 3.05) is 21.3 Å². The van der Waals surface area contributed by atoms with Crippen LogP contribution in [-0.4, -0.2) is 27.2 Å². The zero-order valence-corrected chi connectivity index (χ0v) is 17.2. The summed E-state index contributed by atoms with van der Waals surface area (Å²) in [5, 5.41) is 3.17. The minimum absolute atomic E-state index is 0.0968. The van der Waals surface area contributed by atoms with E-state index in [1.54, 1.807) is 45.6 Å². The molecule has 1 N–H and O–H groups in total. The minimum atomic E-state index is -0.275. The quantitative estimate of drug-likeness (QED) is 0.710. The lowest BCUT2D eigenvalue weighted by Gasteiger charge is -2.25. The molecule has 0 heterocycles. The van der Waals surface area contributed by atoms with Gasteiger partial charge in [-0.05, 0) is 54.2 Å². The van der Waals surface area contributed by atoms with Crippen molar-refractivity contribution in [3.05, 3.63) is 53.3 Å². The number of rotatable bonds is 8. The molecule has 0 aliphatic heterocycles. The molecule has 0 aromatic heterocycles. The second-order valence-electron chi connectivity index (χ2n) is 7.35. The number of halogens is 1. The number of carbonyl (C=O) groups excluding carboxylic acids is 1. The summed E-state index contributed by atoms with van der Waals surface area (Å²) in [7, 11) is 4.64. The molecule has 1 amide bonds. The maximum atomic E-state index is 13.4. The molecule has 1 fully saturated rings. The maximum Gasteiger partial charge on any atom is 0.224 e. The summed E-state index contributed by atoms with van der Waals surface area (Å²) in [5.74, 6) is 1.52. The monoisotopic (exact) mass is 401 g/mol. The predicted molar refractivity (Wildman–Crippen MR) is 109 cm³/mol. The fraction of sp³-hybridized carbons (Fsp3) is 0.435. The van der Waals surface area contributed by atoms with E-state index in [4.69, 9.17) is 14.2 Å². The molecule has 156 valence electrons. The van der Waals surface area contributed by atoms with Gasteiger partial charge in [-0.1, -0.05) is 25.0 Å². The molecule has 0 saturated heterocycles. The van der Waals surface area contributed by atoms with E-state index >= 15 is 0 Å². The van der Waals surface area contributed by atoms with Crippen molar-refractivity contribution in [2.24, 2.45) is 5.92 Å². The number of hydrogen-bond acceptors (Lipinski definition) is 4. The van der Waals surface area contributed by atoms with Crippen molar-refractivity contribution in [1.29, 1.82) is 0 Å². The van der Waals surface area contributed by atoms with E-state index in [-0.39, 0.29) is 24.2 Å². The molecule has 1 aliphatic carbocycles. The molecule has 0 spiro atoms. The average Bonchev–Trinajstić information content (AvgIpc) is 3.26. The van der Waals surface area contributed by atoms with Crippen molar-refractivity contribution < 1.29 is 23.4 Å². The summed E-state index contributed by atoms with van der Waals surface area (Å²) >= 11 is 0. The van der Waals surface area contributed by atoms with Gasteiger partial charge >= 0.3 is 0 Å². The normalized spacial score (nSPS) is 15.0. The van der Waals surface area contributed by atoms with Gasteiger partial charge in [-0.25, -0.2) is 4.39 Å². The number of amides is 1. The van der Waals surface area contributed by atoms with Crippen LogP contribution in [0.25, 0.3) is 0 Å². The molecule has 0 unspecified atom stereocenters. The van der Waals surface area contributed by atoms with E-state index in [9.17, 15) is 9.18 Å². The van der Waals surface area contributed by atoms with Crippen LogP contribution in [0.2, 0.25) is 0 Å². The van der Waals surface area contributed by atoms with Crippen molar-refractivity contribution in [3.8, 4) is 17.2 Å². The van der Waals surface area contributed by atoms with E-state index in [0.717, 1.165) is 36.8 Å². The van der Waals surface area contributed by atoms with Crippen LogP contribution in [0.4, 0.5) is 4.39 Å². The van der Waals surface area contributed by atoms with Gasteiger partial charge in [0.05, 0.1) is 33.8 Å². The second-order valence-corrected chi connectivity index (χ2v) is 7.35. The van der Waals surface area contributed by atoms with E-state index in [1.807, 2.05) is 0 Å². The third-order valence-electron chi connectivity index (χ3n) is 5.51. The van der Waals surface area contributed by atoms with Gasteiger partial charge in [-0.3, -0.25) is 4.79 Å². The fourth-order valence-electron chi connectivity index (χ4n) is 4.08. The Balaban J connectivity index is 1.79. The summed E-state index contributed by atoms with van der Waals surface area (Å²) in [6.07, 6.45) is 4.62. The van der Waals surface area contributed by atoms with Crippen LogP contribution in [0.1, 0.15) is 42.9 Å². The zero-order chi connectivity index (χ0) is 20.8. The van der Waals surface area contributed by atoms with E-state index < -0.39 is 0 Å². The number of benzene rings is 2. The number of ether oxygens (including phenoxy) is 3. The van der Waals surface area contributed by atoms with Gasteiger partial charge in [-0.2, -0.15) is 0 Å². The van der Waals surface area contributed by atoms with Gasteiger partial charge in [0.2, 0.25) is 11.7 Å². The van der Waals surface area contributed by atoms with Crippen LogP contribution < -0.4 is 19.5 Å². The molecule has 2 aromatic rings. The van der Waals surface area contributed by atoms with E-state index in [1.165, 1.54) is 12.1 Å². The molecule has 0 bridgehead atoms. The topological polar surface area (TPSA) is 56.8 Å². The molecule has 1 atom stereocenters. The van der Waals surface area contributed by atoms with E-state index in [2.05, 4.69) is 5.32 Å². The molecule has 3 rings (SSSR count). The van der Waals surface area contributed by atoms with Crippen molar-refractivity contribution in [1.82, 2.24) is 5.32 Å². The lowest BCUT2D eigenvalue weighted by molar-refractivity contribution is -0.121. The Labute approximate surface area is 171 Å². The van der Waals surface area contributed by atoms with Crippen LogP contribution in [0, 0.1) is 11.7 Å². The lowest BCUT2D eigenvalue weighted by Crippen LogP contribution is -2.33. The molecule has 29 heavy (non-hydrogen) atoms. The molecular weight excluding hydrogens is 373 g/mol. The molecule has 1 aliphatic rings. The highest BCUT2D eigenvalue weighted by Gasteiger charge is 2.28. The van der Waals surface area contributed by atoms with Crippen LogP contribution in [0.3, 0.4) is 0 Å². The summed E-state index contributed by atoms with van der Waals surface area (Å²) < 4.78 is 29.4. The maximum absolute atomic E-state index is 13.4. The Kier molecular flexibility index (Phi) is 6.96. The number of carbonyl (C=O) groups is 1. The van der Waals surface area contributed by atoms with Gasteiger partial charge in [0.15, 0.2) is 11.5 Å². The van der Waals surface area contributed by atoms with Crippen molar-refractivity contribution >= 4 is 5.91 Å². The summed E-state index contributed by atoms with van der Waals surface area (Å²) in [5.41, 5.74) is 1.71.